The Hall–Kier alpha value is -1.61. The molecule has 0 saturated heterocycles. The van der Waals surface area contributed by atoms with Crippen molar-refractivity contribution in [2.24, 2.45) is 0 Å². The number of hydrogen-bond donors (Lipinski definition) is 1. The van der Waals surface area contributed by atoms with Crippen LogP contribution in [0, 0.1) is 6.92 Å². The fourth-order valence-electron chi connectivity index (χ4n) is 1.47. The Kier molecular flexibility index (Phi) is 2.56. The summed E-state index contributed by atoms with van der Waals surface area (Å²) in [5.41, 5.74) is 2.98. The van der Waals surface area contributed by atoms with Gasteiger partial charge in [-0.15, -0.1) is 0 Å². The third-order valence-corrected chi connectivity index (χ3v) is 2.65. The van der Waals surface area contributed by atoms with E-state index in [1.807, 2.05) is 19.1 Å². The van der Waals surface area contributed by atoms with E-state index in [0.29, 0.717) is 10.6 Å². The standard InChI is InChI=1S/C11H9ClN2O/c1-7-9(6-15)10(12)11(14-7)8-2-4-13-5-3-8/h2-6,14H,1H3. The van der Waals surface area contributed by atoms with Gasteiger partial charge in [-0.2, -0.15) is 0 Å². The van der Waals surface area contributed by atoms with E-state index in [1.165, 1.54) is 0 Å². The van der Waals surface area contributed by atoms with Crippen LogP contribution in [0.3, 0.4) is 0 Å². The number of rotatable bonds is 2. The predicted molar refractivity (Wildman–Crippen MR) is 59.2 cm³/mol. The summed E-state index contributed by atoms with van der Waals surface area (Å²) in [5, 5.41) is 0.466. The number of hydrogen-bond acceptors (Lipinski definition) is 2. The minimum absolute atomic E-state index is 0.466. The average Bonchev–Trinajstić information content (AvgIpc) is 2.55. The molecule has 1 N–H and O–H groups in total. The van der Waals surface area contributed by atoms with Crippen molar-refractivity contribution in [1.82, 2.24) is 9.97 Å². The van der Waals surface area contributed by atoms with Gasteiger partial charge in [0.05, 0.1) is 16.3 Å². The number of nitrogens with one attached hydrogen (secondary N) is 1. The molecule has 0 fully saturated rings. The average molecular weight is 221 g/mol. The highest BCUT2D eigenvalue weighted by Crippen LogP contribution is 2.30. The summed E-state index contributed by atoms with van der Waals surface area (Å²) in [6.07, 6.45) is 4.13. The minimum Gasteiger partial charge on any atom is -0.357 e. The zero-order chi connectivity index (χ0) is 10.8. The van der Waals surface area contributed by atoms with Crippen LogP contribution in [-0.2, 0) is 0 Å². The fraction of sp³-hybridized carbons (Fsp3) is 0.0909. The lowest BCUT2D eigenvalue weighted by atomic mass is 10.2. The van der Waals surface area contributed by atoms with Gasteiger partial charge < -0.3 is 4.98 Å². The molecule has 0 aromatic carbocycles. The fourth-order valence-corrected chi connectivity index (χ4v) is 1.81. The van der Waals surface area contributed by atoms with Gasteiger partial charge in [-0.05, 0) is 19.1 Å². The number of nitrogens with zero attached hydrogens (tertiary/aromatic N) is 1. The highest BCUT2D eigenvalue weighted by Gasteiger charge is 2.13. The van der Waals surface area contributed by atoms with Crippen LogP contribution in [-0.4, -0.2) is 16.3 Å². The molecule has 2 rings (SSSR count). The monoisotopic (exact) mass is 220 g/mol. The van der Waals surface area contributed by atoms with Gasteiger partial charge in [0.2, 0.25) is 0 Å². The number of aldehydes is 1. The van der Waals surface area contributed by atoms with Gasteiger partial charge in [0.1, 0.15) is 0 Å². The largest absolute Gasteiger partial charge is 0.357 e. The van der Waals surface area contributed by atoms with Crippen molar-refractivity contribution in [3.05, 3.63) is 40.8 Å². The molecule has 15 heavy (non-hydrogen) atoms. The van der Waals surface area contributed by atoms with Gasteiger partial charge in [0, 0.05) is 23.7 Å². The molecule has 0 aliphatic carbocycles. The van der Waals surface area contributed by atoms with Crippen LogP contribution in [0.25, 0.3) is 11.3 Å². The number of halogens is 1. The Morgan fingerprint density at radius 1 is 1.40 bits per heavy atom. The van der Waals surface area contributed by atoms with Gasteiger partial charge in [0.25, 0.3) is 0 Å². The van der Waals surface area contributed by atoms with Crippen molar-refractivity contribution in [3.63, 3.8) is 0 Å². The first-order chi connectivity index (χ1) is 7.24. The molecular formula is C11H9ClN2O. The van der Waals surface area contributed by atoms with Crippen molar-refractivity contribution in [2.45, 2.75) is 6.92 Å². The second-order valence-electron chi connectivity index (χ2n) is 3.21. The van der Waals surface area contributed by atoms with Crippen LogP contribution in [0.5, 0.6) is 0 Å². The van der Waals surface area contributed by atoms with Crippen LogP contribution in [0.4, 0.5) is 0 Å². The summed E-state index contributed by atoms with van der Waals surface area (Å²) in [5.74, 6) is 0. The smallest absolute Gasteiger partial charge is 0.153 e. The van der Waals surface area contributed by atoms with Gasteiger partial charge in [-0.1, -0.05) is 11.6 Å². The van der Waals surface area contributed by atoms with Crippen LogP contribution in [0.15, 0.2) is 24.5 Å². The highest BCUT2D eigenvalue weighted by atomic mass is 35.5. The molecule has 0 saturated carbocycles. The molecule has 0 amide bonds. The summed E-state index contributed by atoms with van der Waals surface area (Å²) in [6, 6.07) is 3.68. The van der Waals surface area contributed by atoms with E-state index < -0.39 is 0 Å². The Morgan fingerprint density at radius 3 is 2.60 bits per heavy atom. The van der Waals surface area contributed by atoms with Gasteiger partial charge >= 0.3 is 0 Å². The molecule has 0 atom stereocenters. The Bertz CT molecular complexity index is 491. The van der Waals surface area contributed by atoms with Crippen LogP contribution < -0.4 is 0 Å². The van der Waals surface area contributed by atoms with E-state index in [1.54, 1.807) is 12.4 Å². The van der Waals surface area contributed by atoms with Gasteiger partial charge in [-0.25, -0.2) is 0 Å². The molecule has 3 nitrogen and oxygen atoms in total. The van der Waals surface area contributed by atoms with Crippen molar-refractivity contribution in [2.75, 3.05) is 0 Å². The number of H-pyrrole nitrogens is 1. The summed E-state index contributed by atoms with van der Waals surface area (Å²) in [7, 11) is 0. The van der Waals surface area contributed by atoms with E-state index in [2.05, 4.69) is 9.97 Å². The molecule has 2 aromatic heterocycles. The molecule has 0 unspecified atom stereocenters. The number of aryl methyl sites for hydroxylation is 1. The molecule has 0 radical (unpaired) electrons. The zero-order valence-electron chi connectivity index (χ0n) is 8.12. The molecule has 76 valence electrons. The number of carbonyl (C=O) groups is 1. The van der Waals surface area contributed by atoms with Crippen molar-refractivity contribution in [1.29, 1.82) is 0 Å². The maximum absolute atomic E-state index is 10.8. The first-order valence-electron chi connectivity index (χ1n) is 4.47. The van der Waals surface area contributed by atoms with Crippen LogP contribution in [0.1, 0.15) is 16.1 Å². The lowest BCUT2D eigenvalue weighted by Crippen LogP contribution is -1.79. The lowest BCUT2D eigenvalue weighted by Gasteiger charge is -1.97. The lowest BCUT2D eigenvalue weighted by molar-refractivity contribution is 0.112. The molecule has 0 aliphatic rings. The zero-order valence-corrected chi connectivity index (χ0v) is 8.88. The van der Waals surface area contributed by atoms with Crippen LogP contribution in [0.2, 0.25) is 5.02 Å². The second-order valence-corrected chi connectivity index (χ2v) is 3.58. The Labute approximate surface area is 92.1 Å². The molecule has 0 bridgehead atoms. The molecule has 0 aliphatic heterocycles. The van der Waals surface area contributed by atoms with Crippen molar-refractivity contribution < 1.29 is 4.79 Å². The quantitative estimate of drug-likeness (QED) is 0.791. The molecule has 0 spiro atoms. The maximum Gasteiger partial charge on any atom is 0.153 e. The number of pyridine rings is 1. The summed E-state index contributed by atoms with van der Waals surface area (Å²) in [6.45, 7) is 1.82. The van der Waals surface area contributed by atoms with Crippen molar-refractivity contribution >= 4 is 17.9 Å². The SMILES string of the molecule is Cc1[nH]c(-c2ccncc2)c(Cl)c1C=O. The normalized spacial score (nSPS) is 10.3. The summed E-state index contributed by atoms with van der Waals surface area (Å²) in [4.78, 5) is 17.8. The summed E-state index contributed by atoms with van der Waals surface area (Å²) >= 11 is 6.08. The van der Waals surface area contributed by atoms with Gasteiger partial charge in [-0.3, -0.25) is 9.78 Å². The minimum atomic E-state index is 0.466. The van der Waals surface area contributed by atoms with E-state index in [0.717, 1.165) is 23.2 Å². The third kappa shape index (κ3) is 1.66. The Balaban J connectivity index is 2.60. The Morgan fingerprint density at radius 2 is 2.07 bits per heavy atom. The number of carbonyl (C=O) groups excluding carboxylic acids is 1. The topological polar surface area (TPSA) is 45.8 Å². The van der Waals surface area contributed by atoms with Gasteiger partial charge in [0.15, 0.2) is 6.29 Å². The molecule has 2 heterocycles. The number of aromatic nitrogens is 2. The first kappa shape index (κ1) is 9.93. The van der Waals surface area contributed by atoms with E-state index in [9.17, 15) is 4.79 Å². The van der Waals surface area contributed by atoms with E-state index in [4.69, 9.17) is 11.6 Å². The molecular weight excluding hydrogens is 212 g/mol. The number of aromatic amines is 1. The molecule has 4 heteroatoms. The third-order valence-electron chi connectivity index (χ3n) is 2.26. The van der Waals surface area contributed by atoms with E-state index >= 15 is 0 Å². The predicted octanol–water partition coefficient (Wildman–Crippen LogP) is 2.85. The van der Waals surface area contributed by atoms with Crippen molar-refractivity contribution in [3.8, 4) is 11.3 Å². The van der Waals surface area contributed by atoms with Crippen LogP contribution >= 0.6 is 11.6 Å². The maximum atomic E-state index is 10.8. The highest BCUT2D eigenvalue weighted by molar-refractivity contribution is 6.35. The van der Waals surface area contributed by atoms with E-state index in [-0.39, 0.29) is 0 Å². The first-order valence-corrected chi connectivity index (χ1v) is 4.85. The second kappa shape index (κ2) is 3.87. The summed E-state index contributed by atoms with van der Waals surface area (Å²) < 4.78 is 0. The molecule has 2 aromatic rings.